The van der Waals surface area contributed by atoms with Crippen molar-refractivity contribution in [1.82, 2.24) is 0 Å². The Balaban J connectivity index is 1.78. The van der Waals surface area contributed by atoms with E-state index in [9.17, 15) is 0 Å². The molecule has 0 aromatic heterocycles. The van der Waals surface area contributed by atoms with E-state index in [4.69, 9.17) is 0 Å². The zero-order valence-corrected chi connectivity index (χ0v) is 42.3. The Morgan fingerprint density at radius 1 is 0.246 bits per heavy atom. The standard InChI is InChI=1S/C61H110/c1-4-7-10-13-16-19-22-25-28-31-34-37-40-43-46-51-57-56-58-52-49-50-54-60(58)61(55-48-45-42-39-36-33-30-27-24-21-18-15-12-9-6-3)59(57)53-47-44-41-38-35-32-29-26-23-20-17-14-11-8-5-2/h49-50,52,54,56H,4-48,51,53,55H2,1-3H3. The molecule has 2 aromatic carbocycles. The summed E-state index contributed by atoms with van der Waals surface area (Å²) in [6.45, 7) is 6.96. The maximum atomic E-state index is 2.63. The maximum absolute atomic E-state index is 2.63. The minimum Gasteiger partial charge on any atom is -0.0654 e. The molecule has 0 spiro atoms. The van der Waals surface area contributed by atoms with Gasteiger partial charge in [0, 0.05) is 0 Å². The summed E-state index contributed by atoms with van der Waals surface area (Å²) in [6.07, 6.45) is 68.9. The predicted octanol–water partition coefficient (Wildman–Crippen LogP) is 22.1. The summed E-state index contributed by atoms with van der Waals surface area (Å²) in [5, 5.41) is 3.08. The second kappa shape index (κ2) is 43.9. The van der Waals surface area contributed by atoms with Gasteiger partial charge in [0.2, 0.25) is 0 Å². The monoisotopic (exact) mass is 843 g/mol. The fourth-order valence-corrected chi connectivity index (χ4v) is 10.4. The quantitative estimate of drug-likeness (QED) is 0.0582. The van der Waals surface area contributed by atoms with Gasteiger partial charge in [0.25, 0.3) is 0 Å². The van der Waals surface area contributed by atoms with Gasteiger partial charge in [-0.15, -0.1) is 0 Å². The summed E-state index contributed by atoms with van der Waals surface area (Å²) in [5.41, 5.74) is 5.24. The highest BCUT2D eigenvalue weighted by atomic mass is 14.2. The average Bonchev–Trinajstić information content (AvgIpc) is 3.28. The van der Waals surface area contributed by atoms with Crippen LogP contribution >= 0.6 is 0 Å². The van der Waals surface area contributed by atoms with Crippen LogP contribution in [0.15, 0.2) is 30.3 Å². The topological polar surface area (TPSA) is 0 Å². The summed E-state index contributed by atoms with van der Waals surface area (Å²) in [7, 11) is 0. The lowest BCUT2D eigenvalue weighted by molar-refractivity contribution is 0.530. The van der Waals surface area contributed by atoms with Gasteiger partial charge in [-0.1, -0.05) is 321 Å². The lowest BCUT2D eigenvalue weighted by Crippen LogP contribution is -2.04. The van der Waals surface area contributed by atoms with Crippen LogP contribution in [0, 0.1) is 0 Å². The predicted molar refractivity (Wildman–Crippen MR) is 280 cm³/mol. The van der Waals surface area contributed by atoms with Crippen molar-refractivity contribution in [3.63, 3.8) is 0 Å². The Hall–Kier alpha value is -1.30. The first-order valence-electron chi connectivity index (χ1n) is 28.8. The molecule has 0 radical (unpaired) electrons. The first-order chi connectivity index (χ1) is 30.3. The number of rotatable bonds is 48. The van der Waals surface area contributed by atoms with E-state index in [1.54, 1.807) is 22.1 Å². The second-order valence-electron chi connectivity index (χ2n) is 20.3. The van der Waals surface area contributed by atoms with Gasteiger partial charge in [0.05, 0.1) is 0 Å². The third-order valence-electron chi connectivity index (χ3n) is 14.5. The molecule has 0 heterocycles. The van der Waals surface area contributed by atoms with E-state index in [2.05, 4.69) is 51.1 Å². The summed E-state index contributed by atoms with van der Waals surface area (Å²) in [4.78, 5) is 0. The molecule has 0 nitrogen and oxygen atoms in total. The van der Waals surface area contributed by atoms with E-state index in [-0.39, 0.29) is 0 Å². The van der Waals surface area contributed by atoms with Gasteiger partial charge >= 0.3 is 0 Å². The molecular weight excluding hydrogens is 733 g/mol. The molecule has 2 aromatic rings. The van der Waals surface area contributed by atoms with Crippen LogP contribution in [0.25, 0.3) is 10.8 Å². The average molecular weight is 844 g/mol. The summed E-state index contributed by atoms with van der Waals surface area (Å²) in [5.74, 6) is 0. The molecule has 0 aliphatic heterocycles. The van der Waals surface area contributed by atoms with Crippen molar-refractivity contribution < 1.29 is 0 Å². The molecule has 0 aliphatic rings. The van der Waals surface area contributed by atoms with Gasteiger partial charge in [-0.25, -0.2) is 0 Å². The molecule has 0 saturated heterocycles. The molecule has 0 fully saturated rings. The van der Waals surface area contributed by atoms with Crippen LogP contribution < -0.4 is 0 Å². The third kappa shape index (κ3) is 32.1. The number of benzene rings is 2. The second-order valence-corrected chi connectivity index (χ2v) is 20.3. The number of hydrogen-bond acceptors (Lipinski definition) is 0. The summed E-state index contributed by atoms with van der Waals surface area (Å²) < 4.78 is 0. The van der Waals surface area contributed by atoms with Crippen molar-refractivity contribution >= 4 is 10.8 Å². The summed E-state index contributed by atoms with van der Waals surface area (Å²) in [6, 6.07) is 12.1. The van der Waals surface area contributed by atoms with E-state index in [0.29, 0.717) is 0 Å². The van der Waals surface area contributed by atoms with E-state index in [0.717, 1.165) is 0 Å². The van der Waals surface area contributed by atoms with Gasteiger partial charge in [-0.2, -0.15) is 0 Å². The molecule has 0 atom stereocenters. The van der Waals surface area contributed by atoms with Gasteiger partial charge in [0.1, 0.15) is 0 Å². The van der Waals surface area contributed by atoms with Gasteiger partial charge in [-0.05, 0) is 66.0 Å². The number of hydrogen-bond donors (Lipinski definition) is 0. The van der Waals surface area contributed by atoms with E-state index in [1.165, 1.54) is 314 Å². The molecule has 2 rings (SSSR count). The Morgan fingerprint density at radius 2 is 0.492 bits per heavy atom. The lowest BCUT2D eigenvalue weighted by Gasteiger charge is -2.19. The zero-order valence-electron chi connectivity index (χ0n) is 42.3. The highest BCUT2D eigenvalue weighted by Gasteiger charge is 2.14. The van der Waals surface area contributed by atoms with Crippen LogP contribution in [0.3, 0.4) is 0 Å². The maximum Gasteiger partial charge on any atom is -0.0149 e. The van der Waals surface area contributed by atoms with E-state index >= 15 is 0 Å². The molecule has 0 saturated carbocycles. The van der Waals surface area contributed by atoms with E-state index in [1.807, 2.05) is 0 Å². The number of aryl methyl sites for hydroxylation is 2. The molecule has 61 heavy (non-hydrogen) atoms. The molecule has 0 bridgehead atoms. The molecule has 0 N–H and O–H groups in total. The van der Waals surface area contributed by atoms with Crippen molar-refractivity contribution in [3.8, 4) is 0 Å². The van der Waals surface area contributed by atoms with Crippen molar-refractivity contribution in [2.45, 2.75) is 329 Å². The fraction of sp³-hybridized carbons (Fsp3) is 0.836. The van der Waals surface area contributed by atoms with Crippen LogP contribution in [-0.2, 0) is 19.3 Å². The van der Waals surface area contributed by atoms with Crippen LogP contribution in [-0.4, -0.2) is 0 Å². The molecule has 0 unspecified atom stereocenters. The van der Waals surface area contributed by atoms with Crippen LogP contribution in [0.4, 0.5) is 0 Å². The zero-order chi connectivity index (χ0) is 43.4. The van der Waals surface area contributed by atoms with Crippen molar-refractivity contribution in [3.05, 3.63) is 47.0 Å². The third-order valence-corrected chi connectivity index (χ3v) is 14.5. The van der Waals surface area contributed by atoms with E-state index < -0.39 is 0 Å². The van der Waals surface area contributed by atoms with Crippen LogP contribution in [0.1, 0.15) is 326 Å². The van der Waals surface area contributed by atoms with Crippen LogP contribution in [0.5, 0.6) is 0 Å². The van der Waals surface area contributed by atoms with Crippen molar-refractivity contribution in [2.75, 3.05) is 0 Å². The lowest BCUT2D eigenvalue weighted by atomic mass is 9.86. The normalized spacial score (nSPS) is 11.7. The SMILES string of the molecule is CCCCCCCCCCCCCCCCCc1cc2ccccc2c(CCCCCCCCCCCCCCCCC)c1CCCCCCCCCCCCCCCCC. The highest BCUT2D eigenvalue weighted by molar-refractivity contribution is 5.88. The van der Waals surface area contributed by atoms with Crippen molar-refractivity contribution in [1.29, 1.82) is 0 Å². The van der Waals surface area contributed by atoms with Crippen LogP contribution in [0.2, 0.25) is 0 Å². The molecule has 354 valence electrons. The molecular formula is C61H110. The molecule has 0 amide bonds. The van der Waals surface area contributed by atoms with Gasteiger partial charge in [0.15, 0.2) is 0 Å². The summed E-state index contributed by atoms with van der Waals surface area (Å²) >= 11 is 0. The van der Waals surface area contributed by atoms with Gasteiger partial charge < -0.3 is 0 Å². The Bertz CT molecular complexity index is 1170. The number of fused-ring (bicyclic) bond motifs is 1. The van der Waals surface area contributed by atoms with Crippen molar-refractivity contribution in [2.24, 2.45) is 0 Å². The largest absolute Gasteiger partial charge is 0.0654 e. The minimum absolute atomic E-state index is 1.29. The molecule has 0 heteroatoms. The Morgan fingerprint density at radius 3 is 0.803 bits per heavy atom. The first kappa shape index (κ1) is 55.8. The first-order valence-corrected chi connectivity index (χ1v) is 28.8. The minimum atomic E-state index is 1.29. The number of unbranched alkanes of at least 4 members (excludes halogenated alkanes) is 42. The van der Waals surface area contributed by atoms with Gasteiger partial charge in [-0.3, -0.25) is 0 Å². The highest BCUT2D eigenvalue weighted by Crippen LogP contribution is 2.31. The Kier molecular flexibility index (Phi) is 40.2. The Labute approximate surface area is 385 Å². The smallest absolute Gasteiger partial charge is 0.0149 e. The fourth-order valence-electron chi connectivity index (χ4n) is 10.4. The molecule has 0 aliphatic carbocycles.